The lowest BCUT2D eigenvalue weighted by Gasteiger charge is -2.13. The SMILES string of the molecule is CC(=O)c1c(O)c(=O)n(Cc2ccc(Br)cc2)c2ccsc12.COc1c(C(C)=O)c2sccc2n(Cc2ccc(Br)cc2)c1=O. The summed E-state index contributed by atoms with van der Waals surface area (Å²) in [7, 11) is 1.42. The van der Waals surface area contributed by atoms with Gasteiger partial charge in [0.1, 0.15) is 0 Å². The van der Waals surface area contributed by atoms with Gasteiger partial charge < -0.3 is 9.84 Å². The van der Waals surface area contributed by atoms with Gasteiger partial charge in [-0.15, -0.1) is 22.7 Å². The molecule has 4 aromatic heterocycles. The van der Waals surface area contributed by atoms with Gasteiger partial charge in [-0.3, -0.25) is 28.3 Å². The average molecular weight is 771 g/mol. The van der Waals surface area contributed by atoms with E-state index in [0.717, 1.165) is 30.3 Å². The number of carbonyl (C=O) groups excluding carboxylic acids is 2. The first-order valence-corrected chi connectivity index (χ1v) is 16.9. The van der Waals surface area contributed by atoms with Crippen LogP contribution in [0.2, 0.25) is 0 Å². The summed E-state index contributed by atoms with van der Waals surface area (Å²) >= 11 is 9.56. The number of ketones is 2. The number of hydrogen-bond donors (Lipinski definition) is 1. The third-order valence-corrected chi connectivity index (χ3v) is 9.99. The van der Waals surface area contributed by atoms with Gasteiger partial charge in [0, 0.05) is 8.95 Å². The van der Waals surface area contributed by atoms with E-state index in [1.165, 1.54) is 48.2 Å². The Kier molecular flexibility index (Phi) is 9.88. The molecule has 45 heavy (non-hydrogen) atoms. The van der Waals surface area contributed by atoms with Gasteiger partial charge in [-0.1, -0.05) is 56.1 Å². The zero-order valence-electron chi connectivity index (χ0n) is 24.3. The first kappa shape index (κ1) is 32.6. The molecule has 4 heterocycles. The maximum atomic E-state index is 12.8. The van der Waals surface area contributed by atoms with Crippen LogP contribution >= 0.6 is 54.5 Å². The normalized spacial score (nSPS) is 11.0. The van der Waals surface area contributed by atoms with Gasteiger partial charge in [0.2, 0.25) is 0 Å². The molecule has 0 saturated carbocycles. The summed E-state index contributed by atoms with van der Waals surface area (Å²) in [6.45, 7) is 3.57. The van der Waals surface area contributed by atoms with Crippen molar-refractivity contribution in [3.63, 3.8) is 0 Å². The molecular formula is C33H26Br2N2O6S2. The van der Waals surface area contributed by atoms with E-state index in [0.29, 0.717) is 28.9 Å². The third-order valence-electron chi connectivity index (χ3n) is 7.09. The fourth-order valence-electron chi connectivity index (χ4n) is 4.99. The molecule has 0 unspecified atom stereocenters. The van der Waals surface area contributed by atoms with Gasteiger partial charge in [0.25, 0.3) is 11.1 Å². The molecule has 0 fully saturated rings. The van der Waals surface area contributed by atoms with Crippen molar-refractivity contribution < 1.29 is 19.4 Å². The van der Waals surface area contributed by atoms with Gasteiger partial charge in [0.15, 0.2) is 23.1 Å². The van der Waals surface area contributed by atoms with Crippen molar-refractivity contribution in [3.8, 4) is 11.5 Å². The number of rotatable bonds is 7. The molecule has 12 heteroatoms. The zero-order valence-corrected chi connectivity index (χ0v) is 29.1. The van der Waals surface area contributed by atoms with Crippen molar-refractivity contribution in [1.82, 2.24) is 9.13 Å². The number of ether oxygens (including phenoxy) is 1. The Morgan fingerprint density at radius 3 is 1.56 bits per heavy atom. The fourth-order valence-corrected chi connectivity index (χ4v) is 7.50. The van der Waals surface area contributed by atoms with Gasteiger partial charge in [-0.05, 0) is 72.1 Å². The predicted molar refractivity (Wildman–Crippen MR) is 187 cm³/mol. The largest absolute Gasteiger partial charge is 0.502 e. The summed E-state index contributed by atoms with van der Waals surface area (Å²) < 4.78 is 11.8. The maximum Gasteiger partial charge on any atom is 0.294 e. The molecule has 6 rings (SSSR count). The number of nitrogens with zero attached hydrogens (tertiary/aromatic N) is 2. The van der Waals surface area contributed by atoms with Crippen molar-refractivity contribution in [1.29, 1.82) is 0 Å². The Hall–Kier alpha value is -3.84. The van der Waals surface area contributed by atoms with Gasteiger partial charge in [0.05, 0.1) is 51.8 Å². The summed E-state index contributed by atoms with van der Waals surface area (Å²) in [6, 6.07) is 19.1. The number of Topliss-reactive ketones (excluding diaryl/α,β-unsaturated/α-hetero) is 2. The number of carbonyl (C=O) groups is 2. The van der Waals surface area contributed by atoms with E-state index in [9.17, 15) is 24.3 Å². The second kappa shape index (κ2) is 13.7. The number of fused-ring (bicyclic) bond motifs is 2. The topological polar surface area (TPSA) is 108 Å². The van der Waals surface area contributed by atoms with Crippen LogP contribution in [0.5, 0.6) is 11.5 Å². The molecule has 0 bridgehead atoms. The number of aromatic nitrogens is 2. The van der Waals surface area contributed by atoms with Crippen LogP contribution in [0.4, 0.5) is 0 Å². The van der Waals surface area contributed by atoms with Crippen LogP contribution in [-0.4, -0.2) is 32.9 Å². The maximum absolute atomic E-state index is 12.8. The monoisotopic (exact) mass is 768 g/mol. The number of halogens is 2. The number of aromatic hydroxyl groups is 1. The highest BCUT2D eigenvalue weighted by Crippen LogP contribution is 2.31. The van der Waals surface area contributed by atoms with Crippen LogP contribution < -0.4 is 15.9 Å². The molecule has 8 nitrogen and oxygen atoms in total. The Labute approximate surface area is 282 Å². The average Bonchev–Trinajstić information content (AvgIpc) is 3.69. The lowest BCUT2D eigenvalue weighted by molar-refractivity contribution is 0.100. The number of benzene rings is 2. The molecule has 0 aliphatic rings. The Morgan fingerprint density at radius 2 is 1.13 bits per heavy atom. The number of pyridine rings is 2. The highest BCUT2D eigenvalue weighted by Gasteiger charge is 2.22. The van der Waals surface area contributed by atoms with Crippen molar-refractivity contribution in [2.45, 2.75) is 26.9 Å². The van der Waals surface area contributed by atoms with E-state index in [-0.39, 0.29) is 28.4 Å². The first-order chi connectivity index (χ1) is 21.5. The van der Waals surface area contributed by atoms with Crippen molar-refractivity contribution >= 4 is 86.5 Å². The van der Waals surface area contributed by atoms with Gasteiger partial charge in [-0.2, -0.15) is 0 Å². The van der Waals surface area contributed by atoms with E-state index >= 15 is 0 Å². The van der Waals surface area contributed by atoms with E-state index in [1.807, 2.05) is 65.4 Å². The van der Waals surface area contributed by atoms with E-state index in [4.69, 9.17) is 4.74 Å². The molecule has 0 saturated heterocycles. The second-order valence-electron chi connectivity index (χ2n) is 10.0. The van der Waals surface area contributed by atoms with E-state index in [1.54, 1.807) is 10.6 Å². The predicted octanol–water partition coefficient (Wildman–Crippen LogP) is 7.87. The van der Waals surface area contributed by atoms with E-state index < -0.39 is 11.3 Å². The molecular weight excluding hydrogens is 744 g/mol. The van der Waals surface area contributed by atoms with Gasteiger partial charge in [-0.25, -0.2) is 0 Å². The summed E-state index contributed by atoms with van der Waals surface area (Å²) in [5.41, 5.74) is 3.02. The van der Waals surface area contributed by atoms with Crippen LogP contribution in [0.15, 0.2) is 90.0 Å². The summed E-state index contributed by atoms with van der Waals surface area (Å²) in [6.07, 6.45) is 0. The molecule has 0 aliphatic heterocycles. The molecule has 0 aliphatic carbocycles. The molecule has 2 aromatic carbocycles. The Morgan fingerprint density at radius 1 is 0.711 bits per heavy atom. The van der Waals surface area contributed by atoms with Gasteiger partial charge >= 0.3 is 0 Å². The summed E-state index contributed by atoms with van der Waals surface area (Å²) in [5, 5.41) is 13.8. The van der Waals surface area contributed by atoms with Crippen molar-refractivity contribution in [2.75, 3.05) is 7.11 Å². The standard InChI is InChI=1S/C17H14BrNO3S.C16H12BrNO3S/c1-10(20)14-15(22-2)17(21)19(13-7-8-23-16(13)14)9-11-3-5-12(18)6-4-11;1-9(19)13-14(20)16(21)18(12-6-7-22-15(12)13)8-10-2-4-11(17)5-3-10/h3-8H,9H2,1-2H3;2-7,20H,8H2,1H3. The first-order valence-electron chi connectivity index (χ1n) is 13.5. The molecule has 0 radical (unpaired) electrons. The zero-order chi connectivity index (χ0) is 32.4. The lowest BCUT2D eigenvalue weighted by atomic mass is 10.1. The summed E-state index contributed by atoms with van der Waals surface area (Å²) in [4.78, 5) is 48.9. The van der Waals surface area contributed by atoms with Crippen LogP contribution in [0.25, 0.3) is 20.4 Å². The fraction of sp³-hybridized carbons (Fsp3) is 0.152. The van der Waals surface area contributed by atoms with Crippen molar-refractivity contribution in [2.24, 2.45) is 0 Å². The quantitative estimate of drug-likeness (QED) is 0.166. The molecule has 0 atom stereocenters. The smallest absolute Gasteiger partial charge is 0.294 e. The minimum atomic E-state index is -0.543. The van der Waals surface area contributed by atoms with Crippen LogP contribution in [-0.2, 0) is 13.1 Å². The van der Waals surface area contributed by atoms with Crippen LogP contribution in [0, 0.1) is 0 Å². The minimum absolute atomic E-state index is 0.113. The summed E-state index contributed by atoms with van der Waals surface area (Å²) in [5.74, 6) is -0.829. The molecule has 0 amide bonds. The Bertz CT molecular complexity index is 2180. The Balaban J connectivity index is 0.000000178. The molecule has 1 N–H and O–H groups in total. The van der Waals surface area contributed by atoms with Crippen LogP contribution in [0.1, 0.15) is 45.7 Å². The highest BCUT2D eigenvalue weighted by atomic mass is 79.9. The number of methoxy groups -OCH3 is 1. The molecule has 0 spiro atoms. The molecule has 230 valence electrons. The number of hydrogen-bond acceptors (Lipinski definition) is 8. The third kappa shape index (κ3) is 6.60. The van der Waals surface area contributed by atoms with E-state index in [2.05, 4.69) is 31.9 Å². The minimum Gasteiger partial charge on any atom is -0.502 e. The lowest BCUT2D eigenvalue weighted by Crippen LogP contribution is -2.24. The van der Waals surface area contributed by atoms with Crippen molar-refractivity contribution in [3.05, 3.63) is 123 Å². The molecule has 6 aromatic rings. The van der Waals surface area contributed by atoms with Crippen LogP contribution in [0.3, 0.4) is 0 Å². The second-order valence-corrected chi connectivity index (χ2v) is 13.7. The highest BCUT2D eigenvalue weighted by molar-refractivity contribution is 9.10. The number of thiophene rings is 2.